The van der Waals surface area contributed by atoms with E-state index in [9.17, 15) is 9.59 Å². The Morgan fingerprint density at radius 1 is 1.29 bits per heavy atom. The van der Waals surface area contributed by atoms with Crippen LogP contribution in [0.15, 0.2) is 0 Å². The van der Waals surface area contributed by atoms with Gasteiger partial charge in [0, 0.05) is 12.8 Å². The van der Waals surface area contributed by atoms with Crippen LogP contribution in [0.1, 0.15) is 19.3 Å². The van der Waals surface area contributed by atoms with Gasteiger partial charge in [0.2, 0.25) is 11.8 Å². The van der Waals surface area contributed by atoms with E-state index in [1.165, 1.54) is 0 Å². The fraction of sp³-hybridized carbons (Fsp3) is 0.778. The fourth-order valence-electron chi connectivity index (χ4n) is 0.915. The highest BCUT2D eigenvalue weighted by Crippen LogP contribution is 1.95. The number of nitrogens with zero attached hydrogens (tertiary/aromatic N) is 1. The van der Waals surface area contributed by atoms with Gasteiger partial charge < -0.3 is 10.6 Å². The van der Waals surface area contributed by atoms with Crippen molar-refractivity contribution in [3.8, 4) is 0 Å². The van der Waals surface area contributed by atoms with Crippen molar-refractivity contribution in [2.24, 2.45) is 5.73 Å². The second-order valence-corrected chi connectivity index (χ2v) is 3.42. The van der Waals surface area contributed by atoms with Crippen LogP contribution in [0, 0.1) is 0 Å². The van der Waals surface area contributed by atoms with Gasteiger partial charge in [-0.05, 0) is 33.6 Å². The summed E-state index contributed by atoms with van der Waals surface area (Å²) in [7, 11) is 4.10. The first-order valence-electron chi connectivity index (χ1n) is 4.73. The summed E-state index contributed by atoms with van der Waals surface area (Å²) in [5, 5.41) is 2.14. The second kappa shape index (κ2) is 7.46. The Labute approximate surface area is 84.6 Å². The first-order valence-corrected chi connectivity index (χ1v) is 4.73. The summed E-state index contributed by atoms with van der Waals surface area (Å²) in [4.78, 5) is 22.4. The number of amides is 2. The molecule has 14 heavy (non-hydrogen) atoms. The van der Waals surface area contributed by atoms with Crippen molar-refractivity contribution in [1.29, 1.82) is 0 Å². The average Bonchev–Trinajstić information content (AvgIpc) is 2.47. The van der Waals surface area contributed by atoms with Crippen LogP contribution >= 0.6 is 0 Å². The summed E-state index contributed by atoms with van der Waals surface area (Å²) in [5.41, 5.74) is 5.25. The van der Waals surface area contributed by atoms with Crippen molar-refractivity contribution in [2.45, 2.75) is 19.3 Å². The van der Waals surface area contributed by atoms with Crippen LogP contribution in [0.2, 0.25) is 0 Å². The molecule has 0 radical (unpaired) electrons. The van der Waals surface area contributed by atoms with Gasteiger partial charge in [-0.3, -0.25) is 14.9 Å². The number of hydrogen-bond acceptors (Lipinski definition) is 4. The molecule has 0 aromatic rings. The molecule has 0 atom stereocenters. The van der Waals surface area contributed by atoms with Gasteiger partial charge >= 0.3 is 0 Å². The van der Waals surface area contributed by atoms with Gasteiger partial charge in [0.25, 0.3) is 0 Å². The highest BCUT2D eigenvalue weighted by molar-refractivity contribution is 6.01. The molecule has 0 unspecified atom stereocenters. The van der Waals surface area contributed by atoms with Crippen molar-refractivity contribution in [1.82, 2.24) is 10.2 Å². The minimum absolute atomic E-state index is 0.148. The van der Waals surface area contributed by atoms with Crippen LogP contribution in [0.5, 0.6) is 0 Å². The van der Waals surface area contributed by atoms with E-state index in [-0.39, 0.29) is 11.8 Å². The monoisotopic (exact) mass is 201 g/mol. The van der Waals surface area contributed by atoms with E-state index in [0.29, 0.717) is 12.8 Å². The van der Waals surface area contributed by atoms with Crippen LogP contribution < -0.4 is 11.1 Å². The Hall–Kier alpha value is -0.940. The maximum atomic E-state index is 10.1. The Bertz CT molecular complexity index is 178. The van der Waals surface area contributed by atoms with Crippen molar-refractivity contribution in [3.63, 3.8) is 0 Å². The zero-order valence-corrected chi connectivity index (χ0v) is 8.88. The molecule has 1 aliphatic rings. The Morgan fingerprint density at radius 2 is 1.79 bits per heavy atom. The second-order valence-electron chi connectivity index (χ2n) is 3.42. The van der Waals surface area contributed by atoms with Crippen LogP contribution in [0.25, 0.3) is 0 Å². The molecule has 0 aromatic carbocycles. The summed E-state index contributed by atoms with van der Waals surface area (Å²) in [6.45, 7) is 1.91. The molecule has 1 fully saturated rings. The lowest BCUT2D eigenvalue weighted by Crippen LogP contribution is -2.18. The zero-order chi connectivity index (χ0) is 11.0. The molecule has 82 valence electrons. The molecule has 5 nitrogen and oxygen atoms in total. The molecule has 0 spiro atoms. The minimum atomic E-state index is -0.148. The number of nitrogens with two attached hydrogens (primary N) is 1. The van der Waals surface area contributed by atoms with E-state index in [1.807, 2.05) is 0 Å². The van der Waals surface area contributed by atoms with E-state index in [4.69, 9.17) is 5.73 Å². The summed E-state index contributed by atoms with van der Waals surface area (Å²) >= 11 is 0. The molecular weight excluding hydrogens is 182 g/mol. The van der Waals surface area contributed by atoms with Gasteiger partial charge in [0.05, 0.1) is 0 Å². The van der Waals surface area contributed by atoms with Gasteiger partial charge in [-0.2, -0.15) is 0 Å². The van der Waals surface area contributed by atoms with Gasteiger partial charge in [-0.15, -0.1) is 0 Å². The first-order chi connectivity index (χ1) is 6.56. The number of carbonyl (C=O) groups is 2. The van der Waals surface area contributed by atoms with Crippen LogP contribution in [-0.4, -0.2) is 43.9 Å². The number of hydrogen-bond donors (Lipinski definition) is 2. The average molecular weight is 201 g/mol. The van der Waals surface area contributed by atoms with E-state index in [1.54, 1.807) is 0 Å². The maximum absolute atomic E-state index is 10.1. The van der Waals surface area contributed by atoms with Crippen molar-refractivity contribution >= 4 is 11.8 Å². The highest BCUT2D eigenvalue weighted by Gasteiger charge is 2.15. The van der Waals surface area contributed by atoms with Gasteiger partial charge in [-0.1, -0.05) is 0 Å². The molecule has 1 saturated heterocycles. The Balaban J connectivity index is 0.000000241. The smallest absolute Gasteiger partial charge is 0.227 e. The number of rotatable bonds is 3. The largest absolute Gasteiger partial charge is 0.330 e. The van der Waals surface area contributed by atoms with Gasteiger partial charge in [0.15, 0.2) is 0 Å². The SMILES string of the molecule is CN(C)CCCN.O=C1CCC(=O)N1. The summed E-state index contributed by atoms with van der Waals surface area (Å²) in [6.07, 6.45) is 1.85. The third kappa shape index (κ3) is 7.70. The predicted octanol–water partition coefficient (Wildman–Crippen LogP) is -0.680. The highest BCUT2D eigenvalue weighted by atomic mass is 16.2. The van der Waals surface area contributed by atoms with E-state index in [0.717, 1.165) is 19.5 Å². The molecule has 5 heteroatoms. The third-order valence-electron chi connectivity index (χ3n) is 1.67. The fourth-order valence-corrected chi connectivity index (χ4v) is 0.915. The van der Waals surface area contributed by atoms with Crippen molar-refractivity contribution in [3.05, 3.63) is 0 Å². The summed E-state index contributed by atoms with van der Waals surface area (Å²) in [6, 6.07) is 0. The van der Waals surface area contributed by atoms with Crippen molar-refractivity contribution in [2.75, 3.05) is 27.2 Å². The molecule has 0 aromatic heterocycles. The summed E-state index contributed by atoms with van der Waals surface area (Å²) in [5.74, 6) is -0.296. The van der Waals surface area contributed by atoms with Crippen LogP contribution in [-0.2, 0) is 9.59 Å². The lowest BCUT2D eigenvalue weighted by Gasteiger charge is -2.05. The first kappa shape index (κ1) is 13.1. The topological polar surface area (TPSA) is 75.4 Å². The van der Waals surface area contributed by atoms with E-state index in [2.05, 4.69) is 24.3 Å². The molecule has 2 amide bonds. The third-order valence-corrected chi connectivity index (χ3v) is 1.67. The lowest BCUT2D eigenvalue weighted by molar-refractivity contribution is -0.124. The predicted molar refractivity (Wildman–Crippen MR) is 54.6 cm³/mol. The van der Waals surface area contributed by atoms with Gasteiger partial charge in [0.1, 0.15) is 0 Å². The van der Waals surface area contributed by atoms with E-state index >= 15 is 0 Å². The molecule has 0 saturated carbocycles. The standard InChI is InChI=1S/C5H14N2.C4H5NO2/c1-7(2)5-3-4-6;6-3-1-2-4(7)5-3/h3-6H2,1-2H3;1-2H2,(H,5,6,7). The quantitative estimate of drug-likeness (QED) is 0.593. The number of nitrogens with one attached hydrogen (secondary N) is 1. The summed E-state index contributed by atoms with van der Waals surface area (Å²) < 4.78 is 0. The normalized spacial score (nSPS) is 15.1. The molecule has 1 aliphatic heterocycles. The van der Waals surface area contributed by atoms with Gasteiger partial charge in [-0.25, -0.2) is 0 Å². The minimum Gasteiger partial charge on any atom is -0.330 e. The molecular formula is C9H19N3O2. The molecule has 1 heterocycles. The zero-order valence-electron chi connectivity index (χ0n) is 8.88. The Morgan fingerprint density at radius 3 is 1.93 bits per heavy atom. The number of carbonyl (C=O) groups excluding carboxylic acids is 2. The maximum Gasteiger partial charge on any atom is 0.227 e. The van der Waals surface area contributed by atoms with Crippen LogP contribution in [0.4, 0.5) is 0 Å². The molecule has 0 aliphatic carbocycles. The van der Waals surface area contributed by atoms with Crippen LogP contribution in [0.3, 0.4) is 0 Å². The number of imide groups is 1. The van der Waals surface area contributed by atoms with Crippen molar-refractivity contribution < 1.29 is 9.59 Å². The Kier molecular flexibility index (Phi) is 6.96. The molecule has 0 bridgehead atoms. The molecule has 3 N–H and O–H groups in total. The molecule has 1 rings (SSSR count). The van der Waals surface area contributed by atoms with E-state index < -0.39 is 0 Å². The lowest BCUT2D eigenvalue weighted by atomic mass is 10.4.